The molecule has 0 atom stereocenters. The molecule has 0 spiro atoms. The predicted octanol–water partition coefficient (Wildman–Crippen LogP) is 3.10. The number of aromatic amines is 1. The zero-order chi connectivity index (χ0) is 13.9. The molecule has 0 saturated heterocycles. The maximum atomic E-state index is 8.94. The first kappa shape index (κ1) is 11.8. The zero-order valence-corrected chi connectivity index (χ0v) is 10.3. The average Bonchev–Trinajstić information content (AvgIpc) is 2.90. The Hall–Kier alpha value is -3.31. The summed E-state index contributed by atoms with van der Waals surface area (Å²) in [7, 11) is 0. The van der Waals surface area contributed by atoms with Gasteiger partial charge in [0.1, 0.15) is 5.75 Å². The van der Waals surface area contributed by atoms with E-state index in [1.165, 1.54) is 6.07 Å². The lowest BCUT2D eigenvalue weighted by atomic mass is 10.1. The van der Waals surface area contributed by atoms with E-state index < -0.39 is 0 Å². The first-order valence-electron chi connectivity index (χ1n) is 5.86. The van der Waals surface area contributed by atoms with Gasteiger partial charge in [-0.15, -0.1) is 5.10 Å². The Bertz CT molecular complexity index is 835. The van der Waals surface area contributed by atoms with Gasteiger partial charge in [0.15, 0.2) is 0 Å². The van der Waals surface area contributed by atoms with Crippen LogP contribution in [0, 0.1) is 22.7 Å². The van der Waals surface area contributed by atoms with Crippen LogP contribution in [0.4, 0.5) is 0 Å². The molecule has 3 aromatic rings. The summed E-state index contributed by atoms with van der Waals surface area (Å²) in [6.45, 7) is 0. The number of aromatic nitrogens is 2. The van der Waals surface area contributed by atoms with Gasteiger partial charge in [-0.2, -0.15) is 10.5 Å². The predicted molar refractivity (Wildman–Crippen MR) is 72.0 cm³/mol. The lowest BCUT2D eigenvalue weighted by Crippen LogP contribution is -1.88. The molecule has 20 heavy (non-hydrogen) atoms. The molecular weight excluding hydrogens is 252 g/mol. The van der Waals surface area contributed by atoms with Crippen LogP contribution in [0.5, 0.6) is 11.6 Å². The van der Waals surface area contributed by atoms with Crippen LogP contribution in [0.2, 0.25) is 0 Å². The number of fused-ring (bicyclic) bond motifs is 1. The van der Waals surface area contributed by atoms with Crippen molar-refractivity contribution in [3.63, 3.8) is 0 Å². The van der Waals surface area contributed by atoms with Crippen LogP contribution < -0.4 is 4.74 Å². The molecule has 0 radical (unpaired) electrons. The standard InChI is InChI=1S/C15H8N4O/c16-8-10-5-11(9-17)7-12(6-10)20-15-13-3-1-2-4-14(13)18-19-15/h1-7H,(H,18,19). The lowest BCUT2D eigenvalue weighted by molar-refractivity contribution is 0.466. The van der Waals surface area contributed by atoms with Gasteiger partial charge >= 0.3 is 0 Å². The molecule has 0 saturated carbocycles. The van der Waals surface area contributed by atoms with Crippen molar-refractivity contribution in [2.75, 3.05) is 0 Å². The van der Waals surface area contributed by atoms with E-state index in [1.54, 1.807) is 12.1 Å². The second kappa shape index (κ2) is 4.75. The number of benzene rings is 2. The molecule has 2 aromatic carbocycles. The molecule has 1 N–H and O–H groups in total. The number of ether oxygens (including phenoxy) is 1. The maximum Gasteiger partial charge on any atom is 0.245 e. The largest absolute Gasteiger partial charge is 0.437 e. The topological polar surface area (TPSA) is 85.5 Å². The molecule has 0 unspecified atom stereocenters. The molecule has 0 fully saturated rings. The molecule has 1 aromatic heterocycles. The van der Waals surface area contributed by atoms with Gasteiger partial charge in [0.25, 0.3) is 0 Å². The van der Waals surface area contributed by atoms with E-state index in [9.17, 15) is 0 Å². The number of nitrogens with one attached hydrogen (secondary N) is 1. The minimum absolute atomic E-state index is 0.374. The molecular formula is C15H8N4O. The van der Waals surface area contributed by atoms with Gasteiger partial charge < -0.3 is 4.74 Å². The Kier molecular flexibility index (Phi) is 2.80. The SMILES string of the molecule is N#Cc1cc(C#N)cc(Oc2n[nH]c3ccccc23)c1. The third-order valence-electron chi connectivity index (χ3n) is 2.81. The lowest BCUT2D eigenvalue weighted by Gasteiger charge is -2.03. The summed E-state index contributed by atoms with van der Waals surface area (Å²) in [5.74, 6) is 0.831. The molecule has 5 nitrogen and oxygen atoms in total. The average molecular weight is 260 g/mol. The van der Waals surface area contributed by atoms with Gasteiger partial charge in [-0.1, -0.05) is 12.1 Å². The summed E-state index contributed by atoms with van der Waals surface area (Å²) < 4.78 is 5.67. The van der Waals surface area contributed by atoms with Gasteiger partial charge in [0.2, 0.25) is 5.88 Å². The third kappa shape index (κ3) is 2.05. The van der Waals surface area contributed by atoms with E-state index in [-0.39, 0.29) is 0 Å². The zero-order valence-electron chi connectivity index (χ0n) is 10.3. The Morgan fingerprint density at radius 3 is 2.40 bits per heavy atom. The second-order valence-electron chi connectivity index (χ2n) is 4.15. The summed E-state index contributed by atoms with van der Waals surface area (Å²) in [5.41, 5.74) is 1.61. The van der Waals surface area contributed by atoms with E-state index in [1.807, 2.05) is 36.4 Å². The normalized spacial score (nSPS) is 9.90. The van der Waals surface area contributed by atoms with E-state index in [0.29, 0.717) is 22.8 Å². The third-order valence-corrected chi connectivity index (χ3v) is 2.81. The molecule has 0 bridgehead atoms. The maximum absolute atomic E-state index is 8.94. The minimum Gasteiger partial charge on any atom is -0.437 e. The Morgan fingerprint density at radius 2 is 1.70 bits per heavy atom. The fourth-order valence-corrected chi connectivity index (χ4v) is 1.91. The molecule has 0 amide bonds. The molecule has 0 aliphatic carbocycles. The van der Waals surface area contributed by atoms with Crippen molar-refractivity contribution in [3.05, 3.63) is 53.6 Å². The van der Waals surface area contributed by atoms with Crippen LogP contribution >= 0.6 is 0 Å². The van der Waals surface area contributed by atoms with Crippen molar-refractivity contribution < 1.29 is 4.74 Å². The molecule has 3 rings (SSSR count). The summed E-state index contributed by atoms with van der Waals surface area (Å²) in [6, 6.07) is 16.2. The summed E-state index contributed by atoms with van der Waals surface area (Å²) in [6.07, 6.45) is 0. The molecule has 0 aliphatic rings. The van der Waals surface area contributed by atoms with Crippen molar-refractivity contribution in [1.82, 2.24) is 10.2 Å². The number of nitrogens with zero attached hydrogens (tertiary/aromatic N) is 3. The van der Waals surface area contributed by atoms with Gasteiger partial charge in [-0.3, -0.25) is 5.10 Å². The quantitative estimate of drug-likeness (QED) is 0.767. The van der Waals surface area contributed by atoms with Crippen molar-refractivity contribution in [3.8, 4) is 23.8 Å². The number of para-hydroxylation sites is 1. The van der Waals surface area contributed by atoms with Crippen LogP contribution in [0.25, 0.3) is 10.9 Å². The van der Waals surface area contributed by atoms with Gasteiger partial charge in [0.05, 0.1) is 34.2 Å². The molecule has 94 valence electrons. The van der Waals surface area contributed by atoms with Crippen molar-refractivity contribution in [1.29, 1.82) is 10.5 Å². The Labute approximate surface area is 114 Å². The van der Waals surface area contributed by atoms with Gasteiger partial charge in [-0.25, -0.2) is 0 Å². The van der Waals surface area contributed by atoms with Crippen LogP contribution in [0.1, 0.15) is 11.1 Å². The number of H-pyrrole nitrogens is 1. The van der Waals surface area contributed by atoms with Crippen LogP contribution in [0.3, 0.4) is 0 Å². The summed E-state index contributed by atoms with van der Waals surface area (Å²) in [5, 5.41) is 25.7. The van der Waals surface area contributed by atoms with Crippen LogP contribution in [0.15, 0.2) is 42.5 Å². The fraction of sp³-hybridized carbons (Fsp3) is 0. The van der Waals surface area contributed by atoms with Crippen LogP contribution in [-0.2, 0) is 0 Å². The van der Waals surface area contributed by atoms with Crippen molar-refractivity contribution in [2.45, 2.75) is 0 Å². The minimum atomic E-state index is 0.374. The number of rotatable bonds is 2. The summed E-state index contributed by atoms with van der Waals surface area (Å²) in [4.78, 5) is 0. The number of hydrogen-bond acceptors (Lipinski definition) is 4. The van der Waals surface area contributed by atoms with Gasteiger partial charge in [-0.05, 0) is 30.3 Å². The first-order valence-corrected chi connectivity index (χ1v) is 5.86. The number of hydrogen-bond donors (Lipinski definition) is 1. The smallest absolute Gasteiger partial charge is 0.245 e. The fourth-order valence-electron chi connectivity index (χ4n) is 1.91. The van der Waals surface area contributed by atoms with Crippen molar-refractivity contribution in [2.24, 2.45) is 0 Å². The molecule has 1 heterocycles. The number of nitriles is 2. The van der Waals surface area contributed by atoms with E-state index in [2.05, 4.69) is 10.2 Å². The highest BCUT2D eigenvalue weighted by atomic mass is 16.5. The molecule has 0 aliphatic heterocycles. The summed E-state index contributed by atoms with van der Waals surface area (Å²) >= 11 is 0. The Balaban J connectivity index is 2.03. The van der Waals surface area contributed by atoms with Gasteiger partial charge in [0, 0.05) is 0 Å². The van der Waals surface area contributed by atoms with E-state index in [4.69, 9.17) is 15.3 Å². The van der Waals surface area contributed by atoms with Crippen molar-refractivity contribution >= 4 is 10.9 Å². The second-order valence-corrected chi connectivity index (χ2v) is 4.15. The highest BCUT2D eigenvalue weighted by Gasteiger charge is 2.08. The monoisotopic (exact) mass is 260 g/mol. The van der Waals surface area contributed by atoms with Crippen LogP contribution in [-0.4, -0.2) is 10.2 Å². The van der Waals surface area contributed by atoms with E-state index >= 15 is 0 Å². The highest BCUT2D eigenvalue weighted by Crippen LogP contribution is 2.28. The van der Waals surface area contributed by atoms with E-state index in [0.717, 1.165) is 10.9 Å². The Morgan fingerprint density at radius 1 is 1.00 bits per heavy atom. The molecule has 5 heteroatoms. The highest BCUT2D eigenvalue weighted by molar-refractivity contribution is 5.84. The first-order chi connectivity index (χ1) is 9.80.